The summed E-state index contributed by atoms with van der Waals surface area (Å²) in [5.41, 5.74) is 0.365. The van der Waals surface area contributed by atoms with Crippen LogP contribution in [0.2, 0.25) is 0 Å². The summed E-state index contributed by atoms with van der Waals surface area (Å²) in [5.74, 6) is -0.219. The molecule has 1 heterocycles. The Labute approximate surface area is 155 Å². The van der Waals surface area contributed by atoms with Crippen molar-refractivity contribution >= 4 is 15.9 Å². The van der Waals surface area contributed by atoms with Gasteiger partial charge >= 0.3 is 0 Å². The highest BCUT2D eigenvalue weighted by atomic mass is 32.2. The largest absolute Gasteiger partial charge is 0.383 e. The summed E-state index contributed by atoms with van der Waals surface area (Å²) < 4.78 is 31.9. The van der Waals surface area contributed by atoms with Crippen molar-refractivity contribution in [3.8, 4) is 0 Å². The average Bonchev–Trinajstić information content (AvgIpc) is 3.48. The normalized spacial score (nSPS) is 19.4. The summed E-state index contributed by atoms with van der Waals surface area (Å²) in [4.78, 5) is 15.1. The lowest BCUT2D eigenvalue weighted by Crippen LogP contribution is -2.45. The van der Waals surface area contributed by atoms with E-state index in [4.69, 9.17) is 4.74 Å². The molecule has 2 fully saturated rings. The lowest BCUT2D eigenvalue weighted by molar-refractivity contribution is 0.0909. The second-order valence-corrected chi connectivity index (χ2v) is 8.70. The molecule has 1 aromatic rings. The van der Waals surface area contributed by atoms with Crippen molar-refractivity contribution < 1.29 is 17.9 Å². The first-order valence-corrected chi connectivity index (χ1v) is 10.6. The molecule has 7 nitrogen and oxygen atoms in total. The topological polar surface area (TPSA) is 87.7 Å². The number of carbonyl (C=O) groups is 1. The molecular weight excluding hydrogens is 354 g/mol. The molecule has 2 aliphatic rings. The van der Waals surface area contributed by atoms with Gasteiger partial charge in [0.2, 0.25) is 10.0 Å². The van der Waals surface area contributed by atoms with Gasteiger partial charge in [0.05, 0.1) is 11.5 Å². The summed E-state index contributed by atoms with van der Waals surface area (Å²) in [6.07, 6.45) is 4.49. The van der Waals surface area contributed by atoms with Gasteiger partial charge in [0.25, 0.3) is 5.91 Å². The van der Waals surface area contributed by atoms with E-state index in [0.717, 1.165) is 32.0 Å². The van der Waals surface area contributed by atoms with Gasteiger partial charge < -0.3 is 15.0 Å². The predicted molar refractivity (Wildman–Crippen MR) is 98.6 cm³/mol. The number of nitrogens with zero attached hydrogens (tertiary/aromatic N) is 1. The van der Waals surface area contributed by atoms with Gasteiger partial charge in [-0.3, -0.25) is 4.79 Å². The third kappa shape index (κ3) is 5.03. The van der Waals surface area contributed by atoms with E-state index in [1.54, 1.807) is 12.1 Å². The van der Waals surface area contributed by atoms with Crippen LogP contribution in [0.4, 0.5) is 0 Å². The van der Waals surface area contributed by atoms with Gasteiger partial charge in [0.15, 0.2) is 0 Å². The van der Waals surface area contributed by atoms with Crippen LogP contribution in [0.1, 0.15) is 36.0 Å². The Morgan fingerprint density at radius 2 is 1.96 bits per heavy atom. The molecule has 1 saturated carbocycles. The molecule has 0 aromatic heterocycles. The van der Waals surface area contributed by atoms with Crippen LogP contribution in [0.3, 0.4) is 0 Å². The zero-order chi connectivity index (χ0) is 18.6. The molecule has 3 rings (SSSR count). The lowest BCUT2D eigenvalue weighted by atomic mass is 10.0. The quantitative estimate of drug-likeness (QED) is 0.655. The van der Waals surface area contributed by atoms with E-state index in [1.807, 2.05) is 0 Å². The summed E-state index contributed by atoms with van der Waals surface area (Å²) >= 11 is 0. The Hall–Kier alpha value is -1.48. The van der Waals surface area contributed by atoms with Crippen molar-refractivity contribution in [3.63, 3.8) is 0 Å². The predicted octanol–water partition coefficient (Wildman–Crippen LogP) is 0.968. The number of carbonyl (C=O) groups excluding carboxylic acids is 1. The number of nitrogens with one attached hydrogen (secondary N) is 2. The van der Waals surface area contributed by atoms with Gasteiger partial charge in [-0.15, -0.1) is 0 Å². The Morgan fingerprint density at radius 3 is 2.62 bits per heavy atom. The smallest absolute Gasteiger partial charge is 0.251 e. The lowest BCUT2D eigenvalue weighted by Gasteiger charge is -2.32. The van der Waals surface area contributed by atoms with Crippen LogP contribution in [0.25, 0.3) is 0 Å². The summed E-state index contributed by atoms with van der Waals surface area (Å²) in [5, 5.41) is 3.05. The zero-order valence-corrected chi connectivity index (χ0v) is 15.9. The van der Waals surface area contributed by atoms with Crippen molar-refractivity contribution in [2.75, 3.05) is 33.4 Å². The Balaban J connectivity index is 1.57. The Bertz CT molecular complexity index is 726. The first kappa shape index (κ1) is 19.3. The molecule has 0 unspecified atom stereocenters. The molecule has 1 saturated heterocycles. The van der Waals surface area contributed by atoms with Crippen LogP contribution in [0.15, 0.2) is 29.2 Å². The van der Waals surface area contributed by atoms with Gasteiger partial charge in [-0.25, -0.2) is 13.1 Å². The maximum absolute atomic E-state index is 12.5. The zero-order valence-electron chi connectivity index (χ0n) is 15.1. The Kier molecular flexibility index (Phi) is 6.29. The van der Waals surface area contributed by atoms with Crippen LogP contribution in [-0.2, 0) is 14.8 Å². The average molecular weight is 381 g/mol. The highest BCUT2D eigenvalue weighted by molar-refractivity contribution is 7.89. The number of rotatable bonds is 8. The highest BCUT2D eigenvalue weighted by Crippen LogP contribution is 2.29. The van der Waals surface area contributed by atoms with Crippen LogP contribution in [-0.4, -0.2) is 64.7 Å². The molecular formula is C18H27N3O4S. The molecule has 26 heavy (non-hydrogen) atoms. The summed E-state index contributed by atoms with van der Waals surface area (Å²) in [7, 11) is -2.14. The van der Waals surface area contributed by atoms with Crippen LogP contribution < -0.4 is 10.0 Å². The number of hydrogen-bond acceptors (Lipinski definition) is 5. The third-order valence-corrected chi connectivity index (χ3v) is 6.39. The molecule has 1 aliphatic carbocycles. The van der Waals surface area contributed by atoms with Crippen LogP contribution >= 0.6 is 0 Å². The van der Waals surface area contributed by atoms with E-state index in [1.165, 1.54) is 32.1 Å². The van der Waals surface area contributed by atoms with E-state index in [0.29, 0.717) is 12.2 Å². The van der Waals surface area contributed by atoms with E-state index >= 15 is 0 Å². The van der Waals surface area contributed by atoms with Crippen LogP contribution in [0.5, 0.6) is 0 Å². The van der Waals surface area contributed by atoms with Gasteiger partial charge in [0.1, 0.15) is 0 Å². The van der Waals surface area contributed by atoms with E-state index in [-0.39, 0.29) is 23.4 Å². The molecule has 1 aromatic carbocycles. The number of piperidine rings is 1. The molecule has 0 bridgehead atoms. The minimum atomic E-state index is -3.65. The fraction of sp³-hybridized carbons (Fsp3) is 0.611. The first-order valence-electron chi connectivity index (χ1n) is 9.13. The molecule has 144 valence electrons. The SMILES string of the molecule is COCCNS(=O)(=O)c1cccc(C(=O)NC2CCN(C3CC3)CC2)c1. The van der Waals surface area contributed by atoms with Crippen molar-refractivity contribution in [3.05, 3.63) is 29.8 Å². The fourth-order valence-electron chi connectivity index (χ4n) is 3.28. The molecule has 0 spiro atoms. The number of ether oxygens (including phenoxy) is 1. The van der Waals surface area contributed by atoms with Crippen molar-refractivity contribution in [1.82, 2.24) is 14.9 Å². The van der Waals surface area contributed by atoms with Gasteiger partial charge in [-0.05, 0) is 43.9 Å². The number of benzene rings is 1. The number of hydrogen-bond donors (Lipinski definition) is 2. The molecule has 8 heteroatoms. The molecule has 1 aliphatic heterocycles. The third-order valence-electron chi connectivity index (χ3n) is 4.93. The fourth-order valence-corrected chi connectivity index (χ4v) is 4.34. The van der Waals surface area contributed by atoms with Crippen LogP contribution in [0, 0.1) is 0 Å². The molecule has 1 amide bonds. The minimum absolute atomic E-state index is 0.0878. The van der Waals surface area contributed by atoms with E-state index in [2.05, 4.69) is 14.9 Å². The molecule has 0 atom stereocenters. The Morgan fingerprint density at radius 1 is 1.23 bits per heavy atom. The van der Waals surface area contributed by atoms with Crippen molar-refractivity contribution in [2.45, 2.75) is 42.7 Å². The monoisotopic (exact) mass is 381 g/mol. The number of sulfonamides is 1. The maximum atomic E-state index is 12.5. The number of likely N-dealkylation sites (tertiary alicyclic amines) is 1. The summed E-state index contributed by atoms with van der Waals surface area (Å²) in [6, 6.07) is 7.05. The van der Waals surface area contributed by atoms with Gasteiger partial charge in [-0.2, -0.15) is 0 Å². The van der Waals surface area contributed by atoms with E-state index in [9.17, 15) is 13.2 Å². The second kappa shape index (κ2) is 8.47. The van der Waals surface area contributed by atoms with Gasteiger partial charge in [-0.1, -0.05) is 6.07 Å². The maximum Gasteiger partial charge on any atom is 0.251 e. The standard InChI is InChI=1S/C18H27N3O4S/c1-25-12-9-19-26(23,24)17-4-2-3-14(13-17)18(22)20-15-7-10-21(11-8-15)16-5-6-16/h2-4,13,15-16,19H,5-12H2,1H3,(H,20,22). The minimum Gasteiger partial charge on any atom is -0.383 e. The molecule has 2 N–H and O–H groups in total. The van der Waals surface area contributed by atoms with Crippen molar-refractivity contribution in [2.24, 2.45) is 0 Å². The summed E-state index contributed by atoms with van der Waals surface area (Å²) in [6.45, 7) is 2.52. The first-order chi connectivity index (χ1) is 12.5. The number of amides is 1. The molecule has 0 radical (unpaired) electrons. The van der Waals surface area contributed by atoms with Gasteiger partial charge in [0, 0.05) is 44.4 Å². The highest BCUT2D eigenvalue weighted by Gasteiger charge is 2.32. The van der Waals surface area contributed by atoms with Crippen molar-refractivity contribution in [1.29, 1.82) is 0 Å². The van der Waals surface area contributed by atoms with E-state index < -0.39 is 10.0 Å². The number of methoxy groups -OCH3 is 1. The second-order valence-electron chi connectivity index (χ2n) is 6.93.